The summed E-state index contributed by atoms with van der Waals surface area (Å²) in [6, 6.07) is 8.63. The minimum absolute atomic E-state index is 0.0432. The van der Waals surface area contributed by atoms with Crippen LogP contribution in [0, 0.1) is 6.92 Å². The maximum absolute atomic E-state index is 11.8. The molecule has 0 bridgehead atoms. The first-order valence-electron chi connectivity index (χ1n) is 6.85. The Kier molecular flexibility index (Phi) is 6.11. The summed E-state index contributed by atoms with van der Waals surface area (Å²) in [6.07, 6.45) is 4.26. The molecule has 1 aromatic carbocycles. The van der Waals surface area contributed by atoms with Gasteiger partial charge in [-0.3, -0.25) is 25.8 Å². The third-order valence-corrected chi connectivity index (χ3v) is 3.50. The zero-order valence-electron chi connectivity index (χ0n) is 12.6. The van der Waals surface area contributed by atoms with Gasteiger partial charge in [-0.1, -0.05) is 29.8 Å². The summed E-state index contributed by atoms with van der Waals surface area (Å²) < 4.78 is 5.03. The van der Waals surface area contributed by atoms with E-state index < -0.39 is 11.8 Å². The first kappa shape index (κ1) is 17.7. The molecule has 0 unspecified atom stereocenters. The Morgan fingerprint density at radius 3 is 2.62 bits per heavy atom. The summed E-state index contributed by atoms with van der Waals surface area (Å²) in [7, 11) is 0. The van der Waals surface area contributed by atoms with E-state index in [-0.39, 0.29) is 5.11 Å². The van der Waals surface area contributed by atoms with E-state index in [2.05, 4.69) is 16.2 Å². The topological polar surface area (TPSA) is 83.4 Å². The van der Waals surface area contributed by atoms with Crippen molar-refractivity contribution in [3.8, 4) is 0 Å². The minimum atomic E-state index is -0.457. The van der Waals surface area contributed by atoms with Crippen LogP contribution in [0.25, 0.3) is 6.08 Å². The molecule has 0 aliphatic rings. The highest BCUT2D eigenvalue weighted by molar-refractivity contribution is 7.80. The molecule has 0 spiro atoms. The van der Waals surface area contributed by atoms with Crippen LogP contribution in [0.1, 0.15) is 21.7 Å². The summed E-state index contributed by atoms with van der Waals surface area (Å²) in [4.78, 5) is 23.6. The van der Waals surface area contributed by atoms with Gasteiger partial charge in [-0.2, -0.15) is 0 Å². The quantitative estimate of drug-likeness (QED) is 0.443. The van der Waals surface area contributed by atoms with Gasteiger partial charge in [0.1, 0.15) is 5.76 Å². The number of nitrogens with one attached hydrogen (secondary N) is 3. The molecule has 1 aromatic heterocycles. The number of halogens is 1. The van der Waals surface area contributed by atoms with E-state index in [1.165, 1.54) is 18.4 Å². The molecule has 0 aliphatic heterocycles. The van der Waals surface area contributed by atoms with Gasteiger partial charge in [0, 0.05) is 11.1 Å². The Morgan fingerprint density at radius 2 is 1.96 bits per heavy atom. The lowest BCUT2D eigenvalue weighted by Gasteiger charge is -2.09. The van der Waals surface area contributed by atoms with Crippen molar-refractivity contribution in [1.29, 1.82) is 0 Å². The third-order valence-electron chi connectivity index (χ3n) is 2.95. The summed E-state index contributed by atoms with van der Waals surface area (Å²) in [5.74, 6) is -0.405. The van der Waals surface area contributed by atoms with E-state index in [0.717, 1.165) is 0 Å². The zero-order valence-corrected chi connectivity index (χ0v) is 14.2. The maximum Gasteiger partial charge on any atom is 0.273 e. The number of hydrazine groups is 1. The van der Waals surface area contributed by atoms with Crippen LogP contribution < -0.4 is 16.2 Å². The lowest BCUT2D eigenvalue weighted by Crippen LogP contribution is -2.48. The Labute approximate surface area is 148 Å². The highest BCUT2D eigenvalue weighted by Crippen LogP contribution is 2.15. The molecule has 0 radical (unpaired) electrons. The van der Waals surface area contributed by atoms with Crippen molar-refractivity contribution in [2.45, 2.75) is 6.92 Å². The lowest BCUT2D eigenvalue weighted by atomic mass is 10.2. The van der Waals surface area contributed by atoms with E-state index in [0.29, 0.717) is 21.9 Å². The molecule has 0 saturated carbocycles. The van der Waals surface area contributed by atoms with Crippen molar-refractivity contribution >= 4 is 46.8 Å². The van der Waals surface area contributed by atoms with Gasteiger partial charge in [0.15, 0.2) is 5.11 Å². The van der Waals surface area contributed by atoms with Crippen molar-refractivity contribution in [3.05, 3.63) is 64.6 Å². The fourth-order valence-corrected chi connectivity index (χ4v) is 2.11. The maximum atomic E-state index is 11.8. The van der Waals surface area contributed by atoms with Gasteiger partial charge in [-0.15, -0.1) is 0 Å². The van der Waals surface area contributed by atoms with E-state index in [1.54, 1.807) is 31.2 Å². The second kappa shape index (κ2) is 8.28. The van der Waals surface area contributed by atoms with Crippen molar-refractivity contribution in [3.63, 3.8) is 0 Å². The predicted molar refractivity (Wildman–Crippen MR) is 95.3 cm³/mol. The largest absolute Gasteiger partial charge is 0.469 e. The summed E-state index contributed by atoms with van der Waals surface area (Å²) in [6.45, 7) is 1.66. The number of carbonyl (C=O) groups is 2. The average molecular weight is 364 g/mol. The van der Waals surface area contributed by atoms with Crippen LogP contribution in [0.3, 0.4) is 0 Å². The monoisotopic (exact) mass is 363 g/mol. The molecular weight excluding hydrogens is 350 g/mol. The molecule has 2 rings (SSSR count). The van der Waals surface area contributed by atoms with Gasteiger partial charge in [0.05, 0.1) is 11.8 Å². The first-order valence-corrected chi connectivity index (χ1v) is 7.64. The second-order valence-corrected chi connectivity index (χ2v) is 5.46. The van der Waals surface area contributed by atoms with Gasteiger partial charge in [-0.25, -0.2) is 0 Å². The molecule has 3 N–H and O–H groups in total. The minimum Gasteiger partial charge on any atom is -0.469 e. The van der Waals surface area contributed by atoms with Gasteiger partial charge < -0.3 is 4.42 Å². The number of thiocarbonyl (C=S) groups is 1. The predicted octanol–water partition coefficient (Wildman–Crippen LogP) is 2.59. The van der Waals surface area contributed by atoms with Crippen LogP contribution in [-0.4, -0.2) is 16.9 Å². The summed E-state index contributed by atoms with van der Waals surface area (Å²) in [5.41, 5.74) is 5.88. The van der Waals surface area contributed by atoms with Crippen LogP contribution in [-0.2, 0) is 4.79 Å². The molecule has 2 aromatic rings. The van der Waals surface area contributed by atoms with Crippen LogP contribution in [0.5, 0.6) is 0 Å². The van der Waals surface area contributed by atoms with E-state index in [9.17, 15) is 9.59 Å². The van der Waals surface area contributed by atoms with Crippen molar-refractivity contribution < 1.29 is 14.0 Å². The SMILES string of the molecule is Cc1occc1C(=O)NNC(=S)NC(=O)C=Cc1ccccc1Cl. The summed E-state index contributed by atoms with van der Waals surface area (Å²) >= 11 is 10.9. The normalized spacial score (nSPS) is 10.4. The van der Waals surface area contributed by atoms with Crippen molar-refractivity contribution in [2.75, 3.05) is 0 Å². The Balaban J connectivity index is 1.82. The number of hydrogen-bond acceptors (Lipinski definition) is 4. The molecule has 6 nitrogen and oxygen atoms in total. The van der Waals surface area contributed by atoms with Gasteiger partial charge in [0.2, 0.25) is 5.91 Å². The summed E-state index contributed by atoms with van der Waals surface area (Å²) in [5, 5.41) is 2.89. The highest BCUT2D eigenvalue weighted by Gasteiger charge is 2.11. The Bertz CT molecular complexity index is 801. The zero-order chi connectivity index (χ0) is 17.5. The molecule has 0 aliphatic carbocycles. The van der Waals surface area contributed by atoms with Gasteiger partial charge in [-0.05, 0) is 42.9 Å². The van der Waals surface area contributed by atoms with Crippen LogP contribution in [0.4, 0.5) is 0 Å². The fourth-order valence-electron chi connectivity index (χ4n) is 1.76. The highest BCUT2D eigenvalue weighted by atomic mass is 35.5. The number of furan rings is 1. The van der Waals surface area contributed by atoms with Crippen molar-refractivity contribution in [1.82, 2.24) is 16.2 Å². The number of hydrogen-bond donors (Lipinski definition) is 3. The number of rotatable bonds is 3. The van der Waals surface area contributed by atoms with E-state index in [1.807, 2.05) is 6.07 Å². The molecule has 0 fully saturated rings. The number of benzene rings is 1. The first-order chi connectivity index (χ1) is 11.5. The molecule has 24 heavy (non-hydrogen) atoms. The standard InChI is InChI=1S/C16H14ClN3O3S/c1-10-12(8-9-23-10)15(22)19-20-16(24)18-14(21)7-6-11-4-2-3-5-13(11)17/h2-9H,1H3,(H,19,22)(H2,18,20,21,24). The van der Waals surface area contributed by atoms with Gasteiger partial charge >= 0.3 is 0 Å². The Hall–Kier alpha value is -2.64. The molecular formula is C16H14ClN3O3S. The Morgan fingerprint density at radius 1 is 1.21 bits per heavy atom. The second-order valence-electron chi connectivity index (χ2n) is 4.64. The molecule has 8 heteroatoms. The molecule has 1 heterocycles. The van der Waals surface area contributed by atoms with Crippen LogP contribution in [0.2, 0.25) is 5.02 Å². The van der Waals surface area contributed by atoms with Gasteiger partial charge in [0.25, 0.3) is 5.91 Å². The molecule has 2 amide bonds. The molecule has 0 saturated heterocycles. The number of amides is 2. The van der Waals surface area contributed by atoms with E-state index in [4.69, 9.17) is 28.2 Å². The molecule has 124 valence electrons. The third kappa shape index (κ3) is 4.94. The number of aryl methyl sites for hydroxylation is 1. The van der Waals surface area contributed by atoms with Crippen LogP contribution >= 0.6 is 23.8 Å². The smallest absolute Gasteiger partial charge is 0.273 e. The lowest BCUT2D eigenvalue weighted by molar-refractivity contribution is -0.115. The van der Waals surface area contributed by atoms with Crippen LogP contribution in [0.15, 0.2) is 47.1 Å². The fraction of sp³-hybridized carbons (Fsp3) is 0.0625. The number of carbonyl (C=O) groups excluding carboxylic acids is 2. The average Bonchev–Trinajstić information content (AvgIpc) is 2.98. The van der Waals surface area contributed by atoms with E-state index >= 15 is 0 Å². The van der Waals surface area contributed by atoms with Crippen molar-refractivity contribution in [2.24, 2.45) is 0 Å². The molecule has 0 atom stereocenters.